The highest BCUT2D eigenvalue weighted by atomic mass is 16.3. The Bertz CT molecular complexity index is 2720. The number of aryl methyl sites for hydroxylation is 4. The summed E-state index contributed by atoms with van der Waals surface area (Å²) in [5, 5.41) is 4.54. The average molecular weight is 619 g/mol. The van der Waals surface area contributed by atoms with Crippen molar-refractivity contribution in [1.82, 2.24) is 0 Å². The molecule has 9 aromatic rings. The molecule has 7 aromatic carbocycles. The van der Waals surface area contributed by atoms with Gasteiger partial charge in [0.25, 0.3) is 0 Å². The lowest BCUT2D eigenvalue weighted by atomic mass is 9.92. The first kappa shape index (κ1) is 28.4. The highest BCUT2D eigenvalue weighted by Gasteiger charge is 2.19. The zero-order valence-electron chi connectivity index (χ0n) is 27.5. The van der Waals surface area contributed by atoms with Gasteiger partial charge in [0.2, 0.25) is 0 Å². The van der Waals surface area contributed by atoms with Gasteiger partial charge in [-0.25, -0.2) is 0 Å². The summed E-state index contributed by atoms with van der Waals surface area (Å²) in [6.45, 7) is 8.57. The molecule has 0 aliphatic heterocycles. The van der Waals surface area contributed by atoms with Crippen LogP contribution in [-0.4, -0.2) is 0 Å². The molecule has 0 aliphatic carbocycles. The summed E-state index contributed by atoms with van der Waals surface area (Å²) in [6.07, 6.45) is 0. The van der Waals surface area contributed by atoms with Gasteiger partial charge in [-0.15, -0.1) is 0 Å². The molecule has 0 radical (unpaired) electrons. The molecule has 0 amide bonds. The predicted molar refractivity (Wildman–Crippen MR) is 202 cm³/mol. The van der Waals surface area contributed by atoms with Crippen LogP contribution in [0.2, 0.25) is 0 Å². The van der Waals surface area contributed by atoms with E-state index in [2.05, 4.69) is 161 Å². The maximum absolute atomic E-state index is 6.89. The van der Waals surface area contributed by atoms with Crippen molar-refractivity contribution in [1.29, 1.82) is 0 Å². The number of hydrogen-bond donors (Lipinski definition) is 0. The van der Waals surface area contributed by atoms with Crippen molar-refractivity contribution in [2.75, 3.05) is 0 Å². The molecule has 48 heavy (non-hydrogen) atoms. The maximum atomic E-state index is 6.89. The number of hydrogen-bond acceptors (Lipinski definition) is 2. The van der Waals surface area contributed by atoms with Gasteiger partial charge in [0.05, 0.1) is 0 Å². The highest BCUT2D eigenvalue weighted by Crippen LogP contribution is 2.44. The molecule has 0 saturated carbocycles. The fourth-order valence-corrected chi connectivity index (χ4v) is 7.43. The Morgan fingerprint density at radius 1 is 0.312 bits per heavy atom. The second-order valence-electron chi connectivity index (χ2n) is 13.2. The largest absolute Gasteiger partial charge is 0.455 e. The second kappa shape index (κ2) is 10.9. The lowest BCUT2D eigenvalue weighted by Gasteiger charge is -2.12. The number of fused-ring (bicyclic) bond motifs is 6. The highest BCUT2D eigenvalue weighted by molar-refractivity contribution is 6.15. The molecule has 0 spiro atoms. The monoisotopic (exact) mass is 618 g/mol. The fourth-order valence-electron chi connectivity index (χ4n) is 7.43. The van der Waals surface area contributed by atoms with Crippen LogP contribution in [0.15, 0.2) is 142 Å². The minimum absolute atomic E-state index is 0.912. The molecular weight excluding hydrogens is 585 g/mol. The van der Waals surface area contributed by atoms with E-state index in [1.807, 2.05) is 0 Å². The van der Waals surface area contributed by atoms with Gasteiger partial charge < -0.3 is 8.83 Å². The van der Waals surface area contributed by atoms with Gasteiger partial charge in [-0.1, -0.05) is 126 Å². The van der Waals surface area contributed by atoms with Crippen LogP contribution < -0.4 is 0 Å². The first-order valence-corrected chi connectivity index (χ1v) is 16.6. The van der Waals surface area contributed by atoms with Gasteiger partial charge >= 0.3 is 0 Å². The molecule has 0 fully saturated rings. The molecule has 0 bridgehead atoms. The van der Waals surface area contributed by atoms with Crippen molar-refractivity contribution in [2.24, 2.45) is 0 Å². The third-order valence-electron chi connectivity index (χ3n) is 9.70. The van der Waals surface area contributed by atoms with Crippen molar-refractivity contribution >= 4 is 43.9 Å². The Balaban J connectivity index is 1.29. The SMILES string of the molecule is Cc1cc(-c2cc(-c3cccc(C)c3)c3oc4c(-c5cccc(C)c5)cccc4c3c2)cc(-c2cccc3c2oc2c(C)cccc23)c1. The van der Waals surface area contributed by atoms with Crippen LogP contribution in [0.25, 0.3) is 88.4 Å². The van der Waals surface area contributed by atoms with Crippen LogP contribution in [0, 0.1) is 27.7 Å². The summed E-state index contributed by atoms with van der Waals surface area (Å²) < 4.78 is 13.5. The Morgan fingerprint density at radius 2 is 0.792 bits per heavy atom. The van der Waals surface area contributed by atoms with Gasteiger partial charge in [-0.05, 0) is 84.8 Å². The van der Waals surface area contributed by atoms with Crippen molar-refractivity contribution in [2.45, 2.75) is 27.7 Å². The normalized spacial score (nSPS) is 11.8. The van der Waals surface area contributed by atoms with E-state index in [-0.39, 0.29) is 0 Å². The van der Waals surface area contributed by atoms with Crippen molar-refractivity contribution in [3.05, 3.63) is 156 Å². The first-order valence-electron chi connectivity index (χ1n) is 16.6. The summed E-state index contributed by atoms with van der Waals surface area (Å²) in [5.74, 6) is 0. The van der Waals surface area contributed by atoms with Crippen LogP contribution in [-0.2, 0) is 0 Å². The molecule has 0 aliphatic rings. The minimum Gasteiger partial charge on any atom is -0.455 e. The van der Waals surface area contributed by atoms with Gasteiger partial charge in [0, 0.05) is 38.2 Å². The van der Waals surface area contributed by atoms with E-state index in [9.17, 15) is 0 Å². The van der Waals surface area contributed by atoms with Crippen LogP contribution >= 0.6 is 0 Å². The zero-order chi connectivity index (χ0) is 32.5. The van der Waals surface area contributed by atoms with E-state index in [1.54, 1.807) is 0 Å². The summed E-state index contributed by atoms with van der Waals surface area (Å²) in [5.41, 5.74) is 17.6. The van der Waals surface area contributed by atoms with E-state index in [1.165, 1.54) is 16.7 Å². The van der Waals surface area contributed by atoms with Crippen LogP contribution in [0.5, 0.6) is 0 Å². The Morgan fingerprint density at radius 3 is 1.48 bits per heavy atom. The number of rotatable bonds is 4. The molecule has 9 rings (SSSR count). The average Bonchev–Trinajstić information content (AvgIpc) is 3.67. The second-order valence-corrected chi connectivity index (χ2v) is 13.2. The molecule has 2 heterocycles. The summed E-state index contributed by atoms with van der Waals surface area (Å²) in [4.78, 5) is 0. The van der Waals surface area contributed by atoms with Crippen molar-refractivity contribution < 1.29 is 8.83 Å². The van der Waals surface area contributed by atoms with E-state index in [4.69, 9.17) is 8.83 Å². The Hall–Kier alpha value is -5.86. The van der Waals surface area contributed by atoms with Crippen LogP contribution in [0.4, 0.5) is 0 Å². The lowest BCUT2D eigenvalue weighted by Crippen LogP contribution is -1.88. The van der Waals surface area contributed by atoms with Crippen LogP contribution in [0.3, 0.4) is 0 Å². The smallest absolute Gasteiger partial charge is 0.143 e. The first-order chi connectivity index (χ1) is 23.4. The number of para-hydroxylation sites is 3. The number of furan rings is 2. The van der Waals surface area contributed by atoms with E-state index in [0.29, 0.717) is 0 Å². The van der Waals surface area contributed by atoms with Crippen LogP contribution in [0.1, 0.15) is 22.3 Å². The van der Waals surface area contributed by atoms with Crippen molar-refractivity contribution in [3.8, 4) is 44.5 Å². The topological polar surface area (TPSA) is 26.3 Å². The molecule has 0 N–H and O–H groups in total. The minimum atomic E-state index is 0.912. The molecule has 2 nitrogen and oxygen atoms in total. The Labute approximate surface area is 279 Å². The summed E-state index contributed by atoms with van der Waals surface area (Å²) >= 11 is 0. The molecule has 0 atom stereocenters. The van der Waals surface area contributed by atoms with Gasteiger partial charge in [-0.3, -0.25) is 0 Å². The quantitative estimate of drug-likeness (QED) is 0.196. The maximum Gasteiger partial charge on any atom is 0.143 e. The zero-order valence-corrected chi connectivity index (χ0v) is 27.5. The standard InChI is InChI=1S/C46H34O2/c1-27-10-5-13-31(20-27)36-15-8-19-40-42-26-34(25-41(46(42)48-44(36)40)32-14-6-11-28(2)21-32)33-22-29(3)23-35(24-33)37-16-9-18-39-38-17-7-12-30(4)43(38)47-45(37)39/h5-26H,1-4H3. The Kier molecular flexibility index (Phi) is 6.42. The number of benzene rings is 7. The van der Waals surface area contributed by atoms with Gasteiger partial charge in [-0.2, -0.15) is 0 Å². The molecule has 2 heteroatoms. The molecule has 0 unspecified atom stereocenters. The van der Waals surface area contributed by atoms with E-state index < -0.39 is 0 Å². The summed E-state index contributed by atoms with van der Waals surface area (Å²) in [6, 6.07) is 48.2. The molecule has 2 aromatic heterocycles. The van der Waals surface area contributed by atoms with Crippen molar-refractivity contribution in [3.63, 3.8) is 0 Å². The molecule has 230 valence electrons. The summed E-state index contributed by atoms with van der Waals surface area (Å²) in [7, 11) is 0. The third-order valence-corrected chi connectivity index (χ3v) is 9.70. The van der Waals surface area contributed by atoms with E-state index in [0.717, 1.165) is 93.9 Å². The lowest BCUT2D eigenvalue weighted by molar-refractivity contribution is 0.667. The third kappa shape index (κ3) is 4.56. The van der Waals surface area contributed by atoms with Gasteiger partial charge in [0.1, 0.15) is 22.3 Å². The molecule has 0 saturated heterocycles. The van der Waals surface area contributed by atoms with Gasteiger partial charge in [0.15, 0.2) is 0 Å². The predicted octanol–water partition coefficient (Wildman–Crippen LogP) is 13.4. The fraction of sp³-hybridized carbons (Fsp3) is 0.0870. The van der Waals surface area contributed by atoms with E-state index >= 15 is 0 Å². The molecular formula is C46H34O2.